The summed E-state index contributed by atoms with van der Waals surface area (Å²) in [5.41, 5.74) is 0. The number of nitrogens with one attached hydrogen (secondary N) is 1. The van der Waals surface area contributed by atoms with Crippen LogP contribution < -0.4 is 5.32 Å². The van der Waals surface area contributed by atoms with E-state index in [1.165, 1.54) is 0 Å². The van der Waals surface area contributed by atoms with Crippen LogP contribution in [0.25, 0.3) is 0 Å². The van der Waals surface area contributed by atoms with Crippen LogP contribution in [0.3, 0.4) is 0 Å². The zero-order valence-electron chi connectivity index (χ0n) is 12.7. The summed E-state index contributed by atoms with van der Waals surface area (Å²) >= 11 is 0. The molecule has 1 heterocycles. The van der Waals surface area contributed by atoms with Crippen LogP contribution in [0, 0.1) is 11.8 Å². The first-order chi connectivity index (χ1) is 8.45. The second kappa shape index (κ2) is 7.13. The van der Waals surface area contributed by atoms with Crippen molar-refractivity contribution in [2.45, 2.75) is 66.0 Å². The smallest absolute Gasteiger partial charge is 0.222 e. The van der Waals surface area contributed by atoms with E-state index in [4.69, 9.17) is 0 Å². The molecule has 1 fully saturated rings. The minimum Gasteiger partial charge on any atom is -0.337 e. The zero-order valence-corrected chi connectivity index (χ0v) is 12.7. The molecule has 1 rings (SSSR count). The molecule has 106 valence electrons. The van der Waals surface area contributed by atoms with Gasteiger partial charge in [0, 0.05) is 31.6 Å². The number of hydrogen-bond donors (Lipinski definition) is 1. The summed E-state index contributed by atoms with van der Waals surface area (Å²) in [4.78, 5) is 14.4. The van der Waals surface area contributed by atoms with E-state index in [0.29, 0.717) is 36.2 Å². The fourth-order valence-electron chi connectivity index (χ4n) is 2.69. The molecule has 0 aliphatic carbocycles. The average Bonchev–Trinajstić information content (AvgIpc) is 2.28. The molecule has 0 radical (unpaired) electrons. The molecular formula is C15H30N2O. The molecule has 3 heteroatoms. The highest BCUT2D eigenvalue weighted by atomic mass is 16.2. The lowest BCUT2D eigenvalue weighted by Gasteiger charge is -2.42. The van der Waals surface area contributed by atoms with Crippen LogP contribution in [-0.2, 0) is 4.79 Å². The van der Waals surface area contributed by atoms with E-state index in [2.05, 4.69) is 44.8 Å². The molecule has 18 heavy (non-hydrogen) atoms. The van der Waals surface area contributed by atoms with Gasteiger partial charge in [0.05, 0.1) is 0 Å². The van der Waals surface area contributed by atoms with Crippen molar-refractivity contribution in [2.24, 2.45) is 11.8 Å². The van der Waals surface area contributed by atoms with Gasteiger partial charge < -0.3 is 10.2 Å². The van der Waals surface area contributed by atoms with Gasteiger partial charge in [-0.05, 0) is 24.7 Å². The molecule has 0 saturated carbocycles. The van der Waals surface area contributed by atoms with Crippen LogP contribution in [0.1, 0.15) is 53.9 Å². The summed E-state index contributed by atoms with van der Waals surface area (Å²) in [6, 6.07) is 0.841. The van der Waals surface area contributed by atoms with Crippen molar-refractivity contribution < 1.29 is 4.79 Å². The van der Waals surface area contributed by atoms with E-state index in [1.54, 1.807) is 0 Å². The Labute approximate surface area is 112 Å². The molecule has 1 N–H and O–H groups in total. The van der Waals surface area contributed by atoms with Crippen molar-refractivity contribution in [3.05, 3.63) is 0 Å². The van der Waals surface area contributed by atoms with E-state index in [0.717, 1.165) is 25.9 Å². The van der Waals surface area contributed by atoms with E-state index >= 15 is 0 Å². The maximum Gasteiger partial charge on any atom is 0.222 e. The summed E-state index contributed by atoms with van der Waals surface area (Å²) in [7, 11) is 0. The van der Waals surface area contributed by atoms with E-state index in [9.17, 15) is 4.79 Å². The van der Waals surface area contributed by atoms with Crippen molar-refractivity contribution in [3.63, 3.8) is 0 Å². The van der Waals surface area contributed by atoms with E-state index in [-0.39, 0.29) is 0 Å². The summed E-state index contributed by atoms with van der Waals surface area (Å²) in [5.74, 6) is 1.57. The van der Waals surface area contributed by atoms with Gasteiger partial charge in [-0.15, -0.1) is 0 Å². The van der Waals surface area contributed by atoms with Gasteiger partial charge >= 0.3 is 0 Å². The highest BCUT2D eigenvalue weighted by molar-refractivity contribution is 5.76. The number of amides is 1. The first-order valence-electron chi connectivity index (χ1n) is 7.48. The largest absolute Gasteiger partial charge is 0.337 e. The number of carbonyl (C=O) groups is 1. The third kappa shape index (κ3) is 4.27. The Morgan fingerprint density at radius 1 is 1.33 bits per heavy atom. The number of nitrogens with zero attached hydrogens (tertiary/aromatic N) is 1. The van der Waals surface area contributed by atoms with Crippen LogP contribution in [-0.4, -0.2) is 36.0 Å². The second-order valence-corrected chi connectivity index (χ2v) is 6.34. The van der Waals surface area contributed by atoms with Gasteiger partial charge in [-0.25, -0.2) is 0 Å². The van der Waals surface area contributed by atoms with E-state index < -0.39 is 0 Å². The standard InChI is InChI=1S/C15H30N2O/c1-6-7-15(18)17-10-14(12(4)5)16-9-13(17)8-11(2)3/h11-14,16H,6-10H2,1-5H3. The lowest BCUT2D eigenvalue weighted by Crippen LogP contribution is -2.60. The molecule has 0 aromatic rings. The lowest BCUT2D eigenvalue weighted by molar-refractivity contribution is -0.135. The molecule has 1 saturated heterocycles. The van der Waals surface area contributed by atoms with Gasteiger partial charge in [-0.1, -0.05) is 34.6 Å². The molecule has 1 amide bonds. The van der Waals surface area contributed by atoms with Crippen LogP contribution in [0.4, 0.5) is 0 Å². The Kier molecular flexibility index (Phi) is 6.13. The van der Waals surface area contributed by atoms with Crippen molar-refractivity contribution in [1.29, 1.82) is 0 Å². The molecule has 1 aliphatic rings. The molecule has 0 aromatic heterocycles. The molecule has 2 atom stereocenters. The molecule has 0 spiro atoms. The fraction of sp³-hybridized carbons (Fsp3) is 0.933. The van der Waals surface area contributed by atoms with Gasteiger partial charge in [-0.3, -0.25) is 4.79 Å². The predicted molar refractivity (Wildman–Crippen MR) is 76.5 cm³/mol. The van der Waals surface area contributed by atoms with Crippen molar-refractivity contribution in [3.8, 4) is 0 Å². The minimum atomic E-state index is 0.343. The van der Waals surface area contributed by atoms with Crippen LogP contribution in [0.5, 0.6) is 0 Å². The zero-order chi connectivity index (χ0) is 13.7. The molecule has 0 bridgehead atoms. The molecule has 2 unspecified atom stereocenters. The number of hydrogen-bond acceptors (Lipinski definition) is 2. The Hall–Kier alpha value is -0.570. The monoisotopic (exact) mass is 254 g/mol. The summed E-state index contributed by atoms with van der Waals surface area (Å²) in [6.07, 6.45) is 2.75. The van der Waals surface area contributed by atoms with Crippen LogP contribution >= 0.6 is 0 Å². The first-order valence-corrected chi connectivity index (χ1v) is 7.48. The third-order valence-corrected chi connectivity index (χ3v) is 3.78. The number of piperazine rings is 1. The number of rotatable bonds is 5. The first kappa shape index (κ1) is 15.5. The summed E-state index contributed by atoms with van der Waals surface area (Å²) in [6.45, 7) is 12.8. The van der Waals surface area contributed by atoms with Crippen molar-refractivity contribution in [2.75, 3.05) is 13.1 Å². The molecule has 1 aliphatic heterocycles. The topological polar surface area (TPSA) is 32.3 Å². The Balaban J connectivity index is 2.69. The maximum atomic E-state index is 12.3. The molecule has 3 nitrogen and oxygen atoms in total. The highest BCUT2D eigenvalue weighted by Gasteiger charge is 2.32. The lowest BCUT2D eigenvalue weighted by atomic mass is 9.94. The SMILES string of the molecule is CCCC(=O)N1CC(C(C)C)NCC1CC(C)C. The Bertz CT molecular complexity index is 263. The average molecular weight is 254 g/mol. The summed E-state index contributed by atoms with van der Waals surface area (Å²) in [5, 5.41) is 3.61. The minimum absolute atomic E-state index is 0.343. The van der Waals surface area contributed by atoms with Crippen molar-refractivity contribution >= 4 is 5.91 Å². The third-order valence-electron chi connectivity index (χ3n) is 3.78. The normalized spacial score (nSPS) is 24.9. The van der Waals surface area contributed by atoms with E-state index in [1.807, 2.05) is 0 Å². The van der Waals surface area contributed by atoms with Crippen LogP contribution in [0.15, 0.2) is 0 Å². The second-order valence-electron chi connectivity index (χ2n) is 6.34. The number of carbonyl (C=O) groups excluding carboxylic acids is 1. The van der Waals surface area contributed by atoms with Gasteiger partial charge in [0.1, 0.15) is 0 Å². The van der Waals surface area contributed by atoms with Gasteiger partial charge in [0.25, 0.3) is 0 Å². The van der Waals surface area contributed by atoms with Gasteiger partial charge in [0.15, 0.2) is 0 Å². The highest BCUT2D eigenvalue weighted by Crippen LogP contribution is 2.19. The van der Waals surface area contributed by atoms with Gasteiger partial charge in [-0.2, -0.15) is 0 Å². The predicted octanol–water partition coefficient (Wildman–Crippen LogP) is 2.66. The van der Waals surface area contributed by atoms with Crippen LogP contribution in [0.2, 0.25) is 0 Å². The summed E-state index contributed by atoms with van der Waals surface area (Å²) < 4.78 is 0. The van der Waals surface area contributed by atoms with Crippen molar-refractivity contribution in [1.82, 2.24) is 10.2 Å². The molecule has 0 aromatic carbocycles. The molecular weight excluding hydrogens is 224 g/mol. The fourth-order valence-corrected chi connectivity index (χ4v) is 2.69. The Morgan fingerprint density at radius 2 is 2.00 bits per heavy atom. The quantitative estimate of drug-likeness (QED) is 0.818. The Morgan fingerprint density at radius 3 is 2.50 bits per heavy atom. The maximum absolute atomic E-state index is 12.3. The van der Waals surface area contributed by atoms with Gasteiger partial charge in [0.2, 0.25) is 5.91 Å².